The lowest BCUT2D eigenvalue weighted by Gasteiger charge is -2.26. The molecule has 0 atom stereocenters. The van der Waals surface area contributed by atoms with Crippen LogP contribution in [0.1, 0.15) is 27.2 Å². The topological polar surface area (TPSA) is 76.5 Å². The Hall–Kier alpha value is -2.62. The van der Waals surface area contributed by atoms with Gasteiger partial charge in [-0.25, -0.2) is 9.37 Å². The van der Waals surface area contributed by atoms with Crippen LogP contribution in [0.5, 0.6) is 0 Å². The molecule has 2 aromatic heterocycles. The molecule has 9 heteroatoms. The number of amides is 1. The van der Waals surface area contributed by atoms with Crippen LogP contribution in [-0.2, 0) is 11.3 Å². The highest BCUT2D eigenvalue weighted by Gasteiger charge is 2.19. The first-order valence-corrected chi connectivity index (χ1v) is 11.2. The van der Waals surface area contributed by atoms with Gasteiger partial charge in [0.2, 0.25) is 0 Å². The molecular formula is C22H25FN4O3S. The average Bonchev–Trinajstić information content (AvgIpc) is 3.11. The maximum absolute atomic E-state index is 13.5. The summed E-state index contributed by atoms with van der Waals surface area (Å²) in [5.41, 5.74) is 1.08. The van der Waals surface area contributed by atoms with E-state index in [-0.39, 0.29) is 23.8 Å². The largest absolute Gasteiger partial charge is 0.379 e. The van der Waals surface area contributed by atoms with Crippen LogP contribution in [0.3, 0.4) is 0 Å². The molecule has 1 N–H and O–H groups in total. The Balaban J connectivity index is 1.45. The van der Waals surface area contributed by atoms with E-state index in [9.17, 15) is 14.0 Å². The predicted octanol–water partition coefficient (Wildman–Crippen LogP) is 2.41. The Morgan fingerprint density at radius 3 is 2.90 bits per heavy atom. The Kier molecular flexibility index (Phi) is 6.74. The number of hydrogen-bond donors (Lipinski definition) is 1. The number of carbonyl (C=O) groups is 1. The second-order valence-electron chi connectivity index (χ2n) is 7.61. The zero-order valence-corrected chi connectivity index (χ0v) is 18.2. The molecule has 1 aliphatic heterocycles. The van der Waals surface area contributed by atoms with Crippen LogP contribution in [0.15, 0.2) is 35.4 Å². The lowest BCUT2D eigenvalue weighted by atomic mass is 10.2. The number of rotatable bonds is 7. The fourth-order valence-electron chi connectivity index (χ4n) is 3.73. The molecule has 0 radical (unpaired) electrons. The number of hydrogen-bond acceptors (Lipinski definition) is 6. The van der Waals surface area contributed by atoms with Crippen molar-refractivity contribution in [1.29, 1.82) is 0 Å². The van der Waals surface area contributed by atoms with Crippen LogP contribution >= 0.6 is 11.3 Å². The van der Waals surface area contributed by atoms with Gasteiger partial charge < -0.3 is 10.1 Å². The van der Waals surface area contributed by atoms with E-state index in [1.807, 2.05) is 0 Å². The van der Waals surface area contributed by atoms with Crippen LogP contribution in [0.2, 0.25) is 0 Å². The molecule has 1 aliphatic rings. The van der Waals surface area contributed by atoms with Gasteiger partial charge in [-0.15, -0.1) is 11.3 Å². The van der Waals surface area contributed by atoms with E-state index in [4.69, 9.17) is 4.74 Å². The molecule has 1 aromatic carbocycles. The summed E-state index contributed by atoms with van der Waals surface area (Å²) in [4.78, 5) is 33.4. The van der Waals surface area contributed by atoms with Crippen molar-refractivity contribution in [2.24, 2.45) is 0 Å². The number of benzene rings is 1. The average molecular weight is 445 g/mol. The van der Waals surface area contributed by atoms with Crippen LogP contribution in [0, 0.1) is 12.7 Å². The number of aryl methyl sites for hydroxylation is 1. The quantitative estimate of drug-likeness (QED) is 0.567. The highest BCUT2D eigenvalue weighted by Crippen LogP contribution is 2.26. The van der Waals surface area contributed by atoms with E-state index >= 15 is 0 Å². The number of nitrogens with one attached hydrogen (secondary N) is 1. The van der Waals surface area contributed by atoms with Crippen LogP contribution in [0.4, 0.5) is 4.39 Å². The zero-order valence-electron chi connectivity index (χ0n) is 17.4. The first kappa shape index (κ1) is 21.6. The molecular weight excluding hydrogens is 419 g/mol. The van der Waals surface area contributed by atoms with Crippen LogP contribution in [0.25, 0.3) is 10.2 Å². The Morgan fingerprint density at radius 1 is 1.32 bits per heavy atom. The number of ether oxygens (including phenoxy) is 1. The fraction of sp³-hybridized carbons (Fsp3) is 0.409. The molecule has 3 heterocycles. The van der Waals surface area contributed by atoms with Crippen molar-refractivity contribution >= 4 is 27.5 Å². The minimum absolute atomic E-state index is 0.182. The molecule has 0 spiro atoms. The number of thiophene rings is 1. The smallest absolute Gasteiger partial charge is 0.262 e. The van der Waals surface area contributed by atoms with Crippen molar-refractivity contribution in [3.63, 3.8) is 0 Å². The van der Waals surface area contributed by atoms with Crippen molar-refractivity contribution < 1.29 is 13.9 Å². The van der Waals surface area contributed by atoms with Gasteiger partial charge in [0.25, 0.3) is 11.5 Å². The maximum atomic E-state index is 13.5. The van der Waals surface area contributed by atoms with Gasteiger partial charge in [-0.3, -0.25) is 19.1 Å². The molecule has 164 valence electrons. The lowest BCUT2D eigenvalue weighted by Crippen LogP contribution is -2.38. The number of fused-ring (bicyclic) bond motifs is 1. The molecule has 4 rings (SSSR count). The summed E-state index contributed by atoms with van der Waals surface area (Å²) >= 11 is 1.23. The normalized spacial score (nSPS) is 14.8. The van der Waals surface area contributed by atoms with Gasteiger partial charge in [0.05, 0.1) is 36.3 Å². The predicted molar refractivity (Wildman–Crippen MR) is 118 cm³/mol. The van der Waals surface area contributed by atoms with Crippen molar-refractivity contribution in [2.45, 2.75) is 19.9 Å². The minimum Gasteiger partial charge on any atom is -0.379 e. The van der Waals surface area contributed by atoms with Crippen LogP contribution < -0.4 is 10.9 Å². The third-order valence-electron chi connectivity index (χ3n) is 5.41. The number of nitrogens with zero attached hydrogens (tertiary/aromatic N) is 3. The number of morpholine rings is 1. The first-order valence-electron chi connectivity index (χ1n) is 10.3. The summed E-state index contributed by atoms with van der Waals surface area (Å²) in [6.45, 7) is 6.86. The highest BCUT2D eigenvalue weighted by atomic mass is 32.1. The summed E-state index contributed by atoms with van der Waals surface area (Å²) in [7, 11) is 0. The molecule has 1 fully saturated rings. The van der Waals surface area contributed by atoms with E-state index in [0.717, 1.165) is 39.3 Å². The van der Waals surface area contributed by atoms with Crippen LogP contribution in [-0.4, -0.2) is 59.8 Å². The van der Waals surface area contributed by atoms with E-state index in [2.05, 4.69) is 15.2 Å². The maximum Gasteiger partial charge on any atom is 0.262 e. The van der Waals surface area contributed by atoms with E-state index < -0.39 is 0 Å². The SMILES string of the molecule is Cc1c(C(=O)NCCCN2CCOCC2)sc2ncn(Cc3cccc(F)c3)c(=O)c12. The fourth-order valence-corrected chi connectivity index (χ4v) is 4.79. The molecule has 3 aromatic rings. The molecule has 0 aliphatic carbocycles. The van der Waals surface area contributed by atoms with Gasteiger partial charge in [-0.1, -0.05) is 12.1 Å². The van der Waals surface area contributed by atoms with Crippen molar-refractivity contribution in [1.82, 2.24) is 19.8 Å². The van der Waals surface area contributed by atoms with Gasteiger partial charge in [0.15, 0.2) is 0 Å². The van der Waals surface area contributed by atoms with E-state index in [1.54, 1.807) is 19.1 Å². The summed E-state index contributed by atoms with van der Waals surface area (Å²) < 4.78 is 20.2. The summed E-state index contributed by atoms with van der Waals surface area (Å²) in [5.74, 6) is -0.530. The van der Waals surface area contributed by atoms with E-state index in [1.165, 1.54) is 34.4 Å². The number of carbonyl (C=O) groups excluding carboxylic acids is 1. The number of aromatic nitrogens is 2. The minimum atomic E-state index is -0.348. The van der Waals surface area contributed by atoms with Gasteiger partial charge in [-0.05, 0) is 43.1 Å². The number of halogens is 1. The van der Waals surface area contributed by atoms with Crippen molar-refractivity contribution in [3.8, 4) is 0 Å². The summed E-state index contributed by atoms with van der Waals surface area (Å²) in [5, 5.41) is 3.40. The molecule has 1 saturated heterocycles. The standard InChI is InChI=1S/C22H25FN4O3S/c1-15-18-21(25-14-27(22(18)29)13-16-4-2-5-17(23)12-16)31-19(15)20(28)24-6-3-7-26-8-10-30-11-9-26/h2,4-5,12,14H,3,6-11,13H2,1H3,(H,24,28). The van der Waals surface area contributed by atoms with Gasteiger partial charge in [0, 0.05) is 19.6 Å². The summed E-state index contributed by atoms with van der Waals surface area (Å²) in [6.07, 6.45) is 2.31. The molecule has 31 heavy (non-hydrogen) atoms. The molecule has 1 amide bonds. The lowest BCUT2D eigenvalue weighted by molar-refractivity contribution is 0.0374. The second-order valence-corrected chi connectivity index (χ2v) is 8.61. The monoisotopic (exact) mass is 444 g/mol. The molecule has 0 unspecified atom stereocenters. The second kappa shape index (κ2) is 9.67. The Bertz CT molecular complexity index is 1140. The first-order chi connectivity index (χ1) is 15.0. The third kappa shape index (κ3) is 5.00. The Labute approximate surface area is 183 Å². The van der Waals surface area contributed by atoms with Gasteiger partial charge in [0.1, 0.15) is 10.6 Å². The zero-order chi connectivity index (χ0) is 21.8. The molecule has 7 nitrogen and oxygen atoms in total. The highest BCUT2D eigenvalue weighted by molar-refractivity contribution is 7.20. The van der Waals surface area contributed by atoms with Gasteiger partial charge in [-0.2, -0.15) is 0 Å². The van der Waals surface area contributed by atoms with E-state index in [0.29, 0.717) is 32.8 Å². The Morgan fingerprint density at radius 2 is 2.13 bits per heavy atom. The molecule has 0 saturated carbocycles. The van der Waals surface area contributed by atoms with Gasteiger partial charge >= 0.3 is 0 Å². The molecule has 0 bridgehead atoms. The summed E-state index contributed by atoms with van der Waals surface area (Å²) in [6, 6.07) is 6.13. The third-order valence-corrected chi connectivity index (χ3v) is 6.60. The van der Waals surface area contributed by atoms with Crippen molar-refractivity contribution in [2.75, 3.05) is 39.4 Å². The van der Waals surface area contributed by atoms with Crippen molar-refractivity contribution in [3.05, 3.63) is 62.8 Å².